The lowest BCUT2D eigenvalue weighted by Crippen LogP contribution is -2.40. The number of anilines is 1. The van der Waals surface area contributed by atoms with Crippen LogP contribution in [0.4, 0.5) is 10.4 Å². The second-order valence-corrected chi connectivity index (χ2v) is 12.0. The van der Waals surface area contributed by atoms with Gasteiger partial charge in [-0.15, -0.1) is 0 Å². The van der Waals surface area contributed by atoms with Gasteiger partial charge < -0.3 is 23.7 Å². The standard InChI is InChI=1S/C30H40FN5O4/c1-18(2)29-33-30(40-34-29)35-10-6-20(7-11-35)24-14-21(24)9-13-38-23-5-4-22(25(31)16-23)15-28(37)36-12-8-27-26(17-36)32-19(3)39-27/h4-5,16,18,20-21,24,28,37H,6-15,17H2,1-3H3/t21-,24-,28?/m1/s1. The number of benzene rings is 1. The van der Waals surface area contributed by atoms with Crippen LogP contribution in [0.3, 0.4) is 0 Å². The number of piperidine rings is 1. The van der Waals surface area contributed by atoms with E-state index in [1.807, 2.05) is 17.9 Å². The third-order valence-electron chi connectivity index (χ3n) is 8.81. The molecule has 0 bridgehead atoms. The van der Waals surface area contributed by atoms with Gasteiger partial charge in [0.2, 0.25) is 0 Å². The highest BCUT2D eigenvalue weighted by Gasteiger charge is 2.43. The number of nitrogens with zero attached hydrogens (tertiary/aromatic N) is 5. The molecule has 2 aliphatic heterocycles. The lowest BCUT2D eigenvalue weighted by Gasteiger charge is -2.30. The van der Waals surface area contributed by atoms with Gasteiger partial charge in [0.05, 0.1) is 12.3 Å². The average Bonchev–Trinajstić information content (AvgIpc) is 3.35. The molecular formula is C30H40FN5O4. The molecule has 1 aliphatic carbocycles. The van der Waals surface area contributed by atoms with Crippen molar-refractivity contribution in [2.45, 2.75) is 78.0 Å². The van der Waals surface area contributed by atoms with Gasteiger partial charge in [-0.2, -0.15) is 4.98 Å². The van der Waals surface area contributed by atoms with E-state index in [9.17, 15) is 9.50 Å². The van der Waals surface area contributed by atoms with Crippen molar-refractivity contribution in [3.8, 4) is 5.75 Å². The maximum atomic E-state index is 14.9. The van der Waals surface area contributed by atoms with Crippen LogP contribution in [-0.4, -0.2) is 57.6 Å². The van der Waals surface area contributed by atoms with Crippen LogP contribution in [0.5, 0.6) is 5.75 Å². The Morgan fingerprint density at radius 3 is 2.75 bits per heavy atom. The molecule has 3 aliphatic rings. The first-order chi connectivity index (χ1) is 19.3. The molecule has 216 valence electrons. The SMILES string of the molecule is Cc1nc2c(o1)CCN(C(O)Cc1ccc(OCC[C@@H]3C[C@@H]3C3CCN(c4nc(C(C)C)no4)CC3)cc1F)C2. The number of aliphatic hydroxyl groups excluding tert-OH is 1. The highest BCUT2D eigenvalue weighted by molar-refractivity contribution is 5.30. The Labute approximate surface area is 234 Å². The normalized spacial score (nSPS) is 22.5. The van der Waals surface area contributed by atoms with Gasteiger partial charge in [0, 0.05) is 57.9 Å². The van der Waals surface area contributed by atoms with Crippen LogP contribution < -0.4 is 9.64 Å². The summed E-state index contributed by atoms with van der Waals surface area (Å²) in [6.07, 6.45) is 4.67. The number of aliphatic hydroxyl groups is 1. The van der Waals surface area contributed by atoms with Crippen molar-refractivity contribution in [2.75, 3.05) is 31.1 Å². The number of aromatic nitrogens is 3. The van der Waals surface area contributed by atoms with Gasteiger partial charge in [0.25, 0.3) is 0 Å². The number of fused-ring (bicyclic) bond motifs is 1. The Hall–Kier alpha value is -2.98. The molecule has 1 saturated carbocycles. The third kappa shape index (κ3) is 6.02. The Kier molecular flexibility index (Phi) is 7.81. The molecule has 2 aromatic heterocycles. The molecule has 1 saturated heterocycles. The van der Waals surface area contributed by atoms with E-state index >= 15 is 0 Å². The lowest BCUT2D eigenvalue weighted by atomic mass is 9.90. The number of halogens is 1. The van der Waals surface area contributed by atoms with E-state index in [-0.39, 0.29) is 18.2 Å². The van der Waals surface area contributed by atoms with Crippen LogP contribution in [0.2, 0.25) is 0 Å². The summed E-state index contributed by atoms with van der Waals surface area (Å²) in [7, 11) is 0. The average molecular weight is 554 g/mol. The Morgan fingerprint density at radius 2 is 2.00 bits per heavy atom. The Balaban J connectivity index is 0.916. The summed E-state index contributed by atoms with van der Waals surface area (Å²) in [4.78, 5) is 13.1. The fourth-order valence-electron chi connectivity index (χ4n) is 6.33. The molecule has 2 fully saturated rings. The first kappa shape index (κ1) is 27.2. The van der Waals surface area contributed by atoms with E-state index in [2.05, 4.69) is 33.9 Å². The number of aryl methyl sites for hydroxylation is 1. The second-order valence-electron chi connectivity index (χ2n) is 12.0. The summed E-state index contributed by atoms with van der Waals surface area (Å²) in [6, 6.07) is 5.63. The van der Waals surface area contributed by atoms with Gasteiger partial charge in [-0.05, 0) is 55.1 Å². The second kappa shape index (κ2) is 11.5. The monoisotopic (exact) mass is 553 g/mol. The van der Waals surface area contributed by atoms with Crippen molar-refractivity contribution in [1.29, 1.82) is 0 Å². The van der Waals surface area contributed by atoms with Crippen molar-refractivity contribution < 1.29 is 23.2 Å². The highest BCUT2D eigenvalue weighted by atomic mass is 19.1. The third-order valence-corrected chi connectivity index (χ3v) is 8.81. The first-order valence-corrected chi connectivity index (χ1v) is 14.7. The van der Waals surface area contributed by atoms with Gasteiger partial charge >= 0.3 is 6.01 Å². The molecule has 4 heterocycles. The van der Waals surface area contributed by atoms with Crippen molar-refractivity contribution in [2.24, 2.45) is 17.8 Å². The molecule has 3 aromatic rings. The van der Waals surface area contributed by atoms with Crippen molar-refractivity contribution in [3.63, 3.8) is 0 Å². The molecule has 0 radical (unpaired) electrons. The number of ether oxygens (including phenoxy) is 1. The first-order valence-electron chi connectivity index (χ1n) is 14.7. The van der Waals surface area contributed by atoms with Crippen molar-refractivity contribution >= 4 is 6.01 Å². The van der Waals surface area contributed by atoms with Crippen LogP contribution in [0.15, 0.2) is 27.1 Å². The highest BCUT2D eigenvalue weighted by Crippen LogP contribution is 2.50. The van der Waals surface area contributed by atoms with E-state index in [1.165, 1.54) is 12.5 Å². The summed E-state index contributed by atoms with van der Waals surface area (Å²) >= 11 is 0. The number of oxazole rings is 1. The van der Waals surface area contributed by atoms with Crippen molar-refractivity contribution in [3.05, 3.63) is 52.7 Å². The lowest BCUT2D eigenvalue weighted by molar-refractivity contribution is -0.00763. The molecule has 6 rings (SSSR count). The predicted molar refractivity (Wildman–Crippen MR) is 146 cm³/mol. The topological polar surface area (TPSA) is 101 Å². The van der Waals surface area contributed by atoms with Crippen LogP contribution in [0.25, 0.3) is 0 Å². The number of hydrogen-bond donors (Lipinski definition) is 1. The van der Waals surface area contributed by atoms with Crippen molar-refractivity contribution in [1.82, 2.24) is 20.0 Å². The number of rotatable bonds is 10. The van der Waals surface area contributed by atoms with Crippen LogP contribution in [-0.2, 0) is 19.4 Å². The molecule has 0 amide bonds. The molecule has 1 N–H and O–H groups in total. The van der Waals surface area contributed by atoms with Crippen LogP contribution in [0.1, 0.15) is 74.2 Å². The van der Waals surface area contributed by atoms with Gasteiger partial charge in [-0.3, -0.25) is 4.90 Å². The van der Waals surface area contributed by atoms with Gasteiger partial charge in [0.15, 0.2) is 11.7 Å². The minimum absolute atomic E-state index is 0.215. The summed E-state index contributed by atoms with van der Waals surface area (Å²) in [6.45, 7) is 9.65. The summed E-state index contributed by atoms with van der Waals surface area (Å²) in [5.41, 5.74) is 1.34. The maximum Gasteiger partial charge on any atom is 0.324 e. The van der Waals surface area contributed by atoms with Gasteiger partial charge in [-0.1, -0.05) is 25.1 Å². The van der Waals surface area contributed by atoms with E-state index in [4.69, 9.17) is 13.7 Å². The summed E-state index contributed by atoms with van der Waals surface area (Å²) in [5.74, 6) is 4.94. The summed E-state index contributed by atoms with van der Waals surface area (Å²) in [5, 5.41) is 14.8. The van der Waals surface area contributed by atoms with Crippen LogP contribution in [0, 0.1) is 30.5 Å². The van der Waals surface area contributed by atoms with E-state index in [0.29, 0.717) is 55.3 Å². The molecule has 9 nitrogen and oxygen atoms in total. The van der Waals surface area contributed by atoms with E-state index in [0.717, 1.165) is 61.5 Å². The van der Waals surface area contributed by atoms with Gasteiger partial charge in [0.1, 0.15) is 23.6 Å². The molecule has 0 spiro atoms. The Bertz CT molecular complexity index is 1300. The minimum Gasteiger partial charge on any atom is -0.493 e. The maximum absolute atomic E-state index is 14.9. The van der Waals surface area contributed by atoms with E-state index in [1.54, 1.807) is 6.07 Å². The summed E-state index contributed by atoms with van der Waals surface area (Å²) < 4.78 is 31.8. The molecule has 40 heavy (non-hydrogen) atoms. The fourth-order valence-corrected chi connectivity index (χ4v) is 6.33. The predicted octanol–water partition coefficient (Wildman–Crippen LogP) is 4.87. The molecule has 1 aromatic carbocycles. The zero-order valence-corrected chi connectivity index (χ0v) is 23.7. The number of hydrogen-bond acceptors (Lipinski definition) is 9. The van der Waals surface area contributed by atoms with E-state index < -0.39 is 6.23 Å². The zero-order valence-electron chi connectivity index (χ0n) is 23.7. The molecule has 1 unspecified atom stereocenters. The smallest absolute Gasteiger partial charge is 0.324 e. The largest absolute Gasteiger partial charge is 0.493 e. The molecule has 10 heteroatoms. The fraction of sp³-hybridized carbons (Fsp3) is 0.633. The zero-order chi connectivity index (χ0) is 27.8. The van der Waals surface area contributed by atoms with Crippen LogP contribution >= 0.6 is 0 Å². The minimum atomic E-state index is -0.783. The molecule has 3 atom stereocenters. The molecular weight excluding hydrogens is 513 g/mol. The quantitative estimate of drug-likeness (QED) is 0.377. The van der Waals surface area contributed by atoms with Gasteiger partial charge in [-0.25, -0.2) is 9.37 Å². The Morgan fingerprint density at radius 1 is 1.18 bits per heavy atom.